The zero-order chi connectivity index (χ0) is 15.5. The molecular formula is C12H16N2O5S. The highest BCUT2D eigenvalue weighted by Gasteiger charge is 2.21. The van der Waals surface area contributed by atoms with E-state index in [0.717, 1.165) is 0 Å². The molecule has 3 N–H and O–H groups in total. The molecule has 0 heterocycles. The minimum atomic E-state index is -3.64. The lowest BCUT2D eigenvalue weighted by Gasteiger charge is -2.11. The van der Waals surface area contributed by atoms with Gasteiger partial charge in [-0.15, -0.1) is 0 Å². The molecule has 0 aliphatic heterocycles. The van der Waals surface area contributed by atoms with Gasteiger partial charge in [0.15, 0.2) is 0 Å². The van der Waals surface area contributed by atoms with Crippen molar-refractivity contribution in [2.45, 2.75) is 18.7 Å². The molecule has 0 aromatic heterocycles. The largest absolute Gasteiger partial charge is 0.481 e. The van der Waals surface area contributed by atoms with Gasteiger partial charge in [0.05, 0.1) is 4.90 Å². The molecule has 0 aliphatic carbocycles. The number of nitrogens with one attached hydrogen (secondary N) is 2. The summed E-state index contributed by atoms with van der Waals surface area (Å²) in [4.78, 5) is 22.3. The maximum atomic E-state index is 11.8. The highest BCUT2D eigenvalue weighted by atomic mass is 32.2. The fourth-order valence-corrected chi connectivity index (χ4v) is 2.43. The first-order chi connectivity index (χ1) is 9.19. The summed E-state index contributed by atoms with van der Waals surface area (Å²) in [6, 6.07) is 4.33. The second kappa shape index (κ2) is 6.02. The van der Waals surface area contributed by atoms with Gasteiger partial charge < -0.3 is 10.4 Å². The molecule has 0 bridgehead atoms. The fraction of sp³-hybridized carbons (Fsp3) is 0.333. The Bertz CT molecular complexity index is 639. The Morgan fingerprint density at radius 2 is 1.90 bits per heavy atom. The van der Waals surface area contributed by atoms with Crippen LogP contribution < -0.4 is 10.0 Å². The lowest BCUT2D eigenvalue weighted by molar-refractivity contribution is -0.144. The lowest BCUT2D eigenvalue weighted by atomic mass is 10.1. The standard InChI is InChI=1S/C12H16N2O5S/c1-7-4-5-9(6-10(7)20(18,19)13-3)14-11(15)8(2)12(16)17/h4-6,8,13H,1-3H3,(H,14,15)(H,16,17). The van der Waals surface area contributed by atoms with E-state index in [9.17, 15) is 18.0 Å². The Morgan fingerprint density at radius 1 is 1.30 bits per heavy atom. The predicted octanol–water partition coefficient (Wildman–Crippen LogP) is 0.562. The molecule has 0 aliphatic rings. The van der Waals surface area contributed by atoms with Crippen LogP contribution in [0, 0.1) is 12.8 Å². The van der Waals surface area contributed by atoms with Crippen LogP contribution >= 0.6 is 0 Å². The van der Waals surface area contributed by atoms with Crippen molar-refractivity contribution in [2.75, 3.05) is 12.4 Å². The van der Waals surface area contributed by atoms with Crippen molar-refractivity contribution in [2.24, 2.45) is 5.92 Å². The van der Waals surface area contributed by atoms with Crippen LogP contribution in [0.4, 0.5) is 5.69 Å². The number of aryl methyl sites for hydroxylation is 1. The van der Waals surface area contributed by atoms with Gasteiger partial charge in [0.1, 0.15) is 5.92 Å². The molecule has 1 amide bonds. The van der Waals surface area contributed by atoms with Gasteiger partial charge in [0.2, 0.25) is 15.9 Å². The number of amides is 1. The molecule has 20 heavy (non-hydrogen) atoms. The molecule has 1 rings (SSSR count). The Kier molecular flexibility index (Phi) is 4.85. The number of anilines is 1. The summed E-state index contributed by atoms with van der Waals surface area (Å²) in [5.74, 6) is -3.19. The molecular weight excluding hydrogens is 284 g/mol. The number of hydrogen-bond donors (Lipinski definition) is 3. The van der Waals surface area contributed by atoms with Gasteiger partial charge in [-0.05, 0) is 38.6 Å². The molecule has 1 aromatic rings. The number of benzene rings is 1. The van der Waals surface area contributed by atoms with Crippen molar-refractivity contribution in [3.8, 4) is 0 Å². The zero-order valence-corrected chi connectivity index (χ0v) is 12.1. The minimum absolute atomic E-state index is 0.0285. The molecule has 110 valence electrons. The molecule has 1 atom stereocenters. The number of carbonyl (C=O) groups excluding carboxylic acids is 1. The topological polar surface area (TPSA) is 113 Å². The van der Waals surface area contributed by atoms with Gasteiger partial charge in [-0.3, -0.25) is 9.59 Å². The van der Waals surface area contributed by atoms with Crippen LogP contribution in [0.25, 0.3) is 0 Å². The molecule has 0 radical (unpaired) electrons. The van der Waals surface area contributed by atoms with Gasteiger partial charge in [-0.1, -0.05) is 6.07 Å². The third kappa shape index (κ3) is 3.55. The van der Waals surface area contributed by atoms with Gasteiger partial charge >= 0.3 is 5.97 Å². The van der Waals surface area contributed by atoms with E-state index in [0.29, 0.717) is 5.56 Å². The van der Waals surface area contributed by atoms with Crippen LogP contribution in [0.15, 0.2) is 23.1 Å². The van der Waals surface area contributed by atoms with Crippen molar-refractivity contribution in [1.82, 2.24) is 4.72 Å². The van der Waals surface area contributed by atoms with E-state index in [1.807, 2.05) is 0 Å². The molecule has 8 heteroatoms. The molecule has 1 unspecified atom stereocenters. The monoisotopic (exact) mass is 300 g/mol. The van der Waals surface area contributed by atoms with Crippen molar-refractivity contribution in [3.63, 3.8) is 0 Å². The highest BCUT2D eigenvalue weighted by Crippen LogP contribution is 2.20. The maximum Gasteiger partial charge on any atom is 0.315 e. The third-order valence-electron chi connectivity index (χ3n) is 2.78. The van der Waals surface area contributed by atoms with Crippen LogP contribution in [0.2, 0.25) is 0 Å². The SMILES string of the molecule is CNS(=O)(=O)c1cc(NC(=O)C(C)C(=O)O)ccc1C. The van der Waals surface area contributed by atoms with E-state index in [1.165, 1.54) is 32.2 Å². The lowest BCUT2D eigenvalue weighted by Crippen LogP contribution is -2.27. The second-order valence-electron chi connectivity index (χ2n) is 4.24. The van der Waals surface area contributed by atoms with Crippen molar-refractivity contribution < 1.29 is 23.1 Å². The first-order valence-electron chi connectivity index (χ1n) is 5.77. The highest BCUT2D eigenvalue weighted by molar-refractivity contribution is 7.89. The van der Waals surface area contributed by atoms with Gasteiger partial charge in [0, 0.05) is 5.69 Å². The first kappa shape index (κ1) is 16.1. The summed E-state index contributed by atoms with van der Waals surface area (Å²) in [6.45, 7) is 2.87. The molecule has 0 saturated heterocycles. The summed E-state index contributed by atoms with van der Waals surface area (Å²) in [5.41, 5.74) is 0.742. The second-order valence-corrected chi connectivity index (χ2v) is 6.09. The van der Waals surface area contributed by atoms with Crippen LogP contribution in [-0.4, -0.2) is 32.4 Å². The number of hydrogen-bond acceptors (Lipinski definition) is 4. The fourth-order valence-electron chi connectivity index (χ4n) is 1.44. The number of carboxylic acid groups (broad SMARTS) is 1. The Morgan fingerprint density at radius 3 is 2.40 bits per heavy atom. The molecule has 0 spiro atoms. The van der Waals surface area contributed by atoms with Crippen molar-refractivity contribution in [1.29, 1.82) is 0 Å². The van der Waals surface area contributed by atoms with E-state index in [4.69, 9.17) is 5.11 Å². The Balaban J connectivity index is 3.09. The van der Waals surface area contributed by atoms with Gasteiger partial charge in [-0.25, -0.2) is 13.1 Å². The van der Waals surface area contributed by atoms with Crippen LogP contribution in [0.3, 0.4) is 0 Å². The number of rotatable bonds is 5. The van der Waals surface area contributed by atoms with Crippen LogP contribution in [-0.2, 0) is 19.6 Å². The smallest absolute Gasteiger partial charge is 0.315 e. The van der Waals surface area contributed by atoms with E-state index >= 15 is 0 Å². The molecule has 0 saturated carbocycles. The van der Waals surface area contributed by atoms with Gasteiger partial charge in [-0.2, -0.15) is 0 Å². The first-order valence-corrected chi connectivity index (χ1v) is 7.25. The Hall–Kier alpha value is -1.93. The molecule has 7 nitrogen and oxygen atoms in total. The molecule has 0 fully saturated rings. The van der Waals surface area contributed by atoms with E-state index in [-0.39, 0.29) is 10.6 Å². The third-order valence-corrected chi connectivity index (χ3v) is 4.33. The summed E-state index contributed by atoms with van der Waals surface area (Å²) in [5, 5.41) is 11.1. The summed E-state index contributed by atoms with van der Waals surface area (Å²) in [7, 11) is -2.36. The van der Waals surface area contributed by atoms with Crippen molar-refractivity contribution in [3.05, 3.63) is 23.8 Å². The quantitative estimate of drug-likeness (QED) is 0.688. The zero-order valence-electron chi connectivity index (χ0n) is 11.3. The number of sulfonamides is 1. The summed E-state index contributed by atoms with van der Waals surface area (Å²) in [6.07, 6.45) is 0. The minimum Gasteiger partial charge on any atom is -0.481 e. The number of carboxylic acids is 1. The van der Waals surface area contributed by atoms with E-state index < -0.39 is 27.8 Å². The number of aliphatic carboxylic acids is 1. The molecule has 1 aromatic carbocycles. The van der Waals surface area contributed by atoms with Crippen LogP contribution in [0.1, 0.15) is 12.5 Å². The average molecular weight is 300 g/mol. The maximum absolute atomic E-state index is 11.8. The predicted molar refractivity (Wildman–Crippen MR) is 72.9 cm³/mol. The summed E-state index contributed by atoms with van der Waals surface area (Å²) >= 11 is 0. The Labute approximate surface area is 117 Å². The average Bonchev–Trinajstić information content (AvgIpc) is 2.39. The van der Waals surface area contributed by atoms with E-state index in [2.05, 4.69) is 10.0 Å². The summed E-state index contributed by atoms with van der Waals surface area (Å²) < 4.78 is 25.8. The number of carbonyl (C=O) groups is 2. The normalized spacial score (nSPS) is 12.8. The van der Waals surface area contributed by atoms with E-state index in [1.54, 1.807) is 6.92 Å². The van der Waals surface area contributed by atoms with Crippen LogP contribution in [0.5, 0.6) is 0 Å². The van der Waals surface area contributed by atoms with Gasteiger partial charge in [0.25, 0.3) is 0 Å². The van der Waals surface area contributed by atoms with Crippen molar-refractivity contribution >= 4 is 27.6 Å².